The van der Waals surface area contributed by atoms with Gasteiger partial charge in [-0.1, -0.05) is 6.92 Å². The number of aliphatic hydroxyl groups excluding tert-OH is 2. The Morgan fingerprint density at radius 3 is 2.70 bits per heavy atom. The van der Waals surface area contributed by atoms with Crippen LogP contribution in [0.1, 0.15) is 13.3 Å². The van der Waals surface area contributed by atoms with E-state index in [4.69, 9.17) is 4.42 Å². The number of non-ortho nitro benzene ring substituents is 1. The summed E-state index contributed by atoms with van der Waals surface area (Å²) in [7, 11) is 0. The number of rotatable bonds is 6. The highest BCUT2D eigenvalue weighted by Gasteiger charge is 2.28. The van der Waals surface area contributed by atoms with Crippen molar-refractivity contribution >= 4 is 22.8 Å². The first-order chi connectivity index (χ1) is 9.53. The van der Waals surface area contributed by atoms with Gasteiger partial charge in [0.25, 0.3) is 11.7 Å². The Kier molecular flexibility index (Phi) is 3.86. The van der Waals surface area contributed by atoms with Gasteiger partial charge in [0.05, 0.1) is 23.7 Å². The molecule has 0 unspecified atom stereocenters. The monoisotopic (exact) mass is 281 g/mol. The molecule has 1 aromatic heterocycles. The molecule has 1 aromatic carbocycles. The van der Waals surface area contributed by atoms with Gasteiger partial charge in [0.15, 0.2) is 5.58 Å². The number of nitro benzene ring substituents is 1. The normalized spacial score (nSPS) is 11.8. The molecule has 20 heavy (non-hydrogen) atoms. The summed E-state index contributed by atoms with van der Waals surface area (Å²) in [6.45, 7) is 1.21. The predicted octanol–water partition coefficient (Wildman–Crippen LogP) is 1.28. The standard InChI is InChI=1S/C12H15N3O5/c1-2-12(6-16,7-17)14-11-13-9-5-8(15(18)19)3-4-10(9)20-11/h3-5,16-17H,2,6-7H2,1H3,(H,13,14). The highest BCUT2D eigenvalue weighted by Crippen LogP contribution is 2.25. The number of benzene rings is 1. The van der Waals surface area contributed by atoms with E-state index in [0.29, 0.717) is 17.5 Å². The second kappa shape index (κ2) is 5.43. The predicted molar refractivity (Wildman–Crippen MR) is 71.5 cm³/mol. The fourth-order valence-corrected chi connectivity index (χ4v) is 1.75. The molecule has 2 rings (SSSR count). The highest BCUT2D eigenvalue weighted by molar-refractivity contribution is 5.77. The fourth-order valence-electron chi connectivity index (χ4n) is 1.75. The van der Waals surface area contributed by atoms with Crippen LogP contribution in [0, 0.1) is 10.1 Å². The Morgan fingerprint density at radius 2 is 2.15 bits per heavy atom. The quantitative estimate of drug-likeness (QED) is 0.538. The number of aliphatic hydroxyl groups is 2. The number of nitrogens with one attached hydrogen (secondary N) is 1. The summed E-state index contributed by atoms with van der Waals surface area (Å²) in [6, 6.07) is 4.18. The zero-order chi connectivity index (χ0) is 14.8. The van der Waals surface area contributed by atoms with E-state index in [1.807, 2.05) is 0 Å². The Bertz CT molecular complexity index is 612. The summed E-state index contributed by atoms with van der Waals surface area (Å²) in [6.07, 6.45) is 0.457. The third-order valence-corrected chi connectivity index (χ3v) is 3.24. The molecule has 1 heterocycles. The Hall–Kier alpha value is -2.19. The maximum absolute atomic E-state index is 10.7. The third kappa shape index (κ3) is 2.56. The zero-order valence-electron chi connectivity index (χ0n) is 10.9. The van der Waals surface area contributed by atoms with Gasteiger partial charge in [-0.15, -0.1) is 0 Å². The van der Waals surface area contributed by atoms with E-state index in [0.717, 1.165) is 0 Å². The van der Waals surface area contributed by atoms with Gasteiger partial charge >= 0.3 is 0 Å². The SMILES string of the molecule is CCC(CO)(CO)Nc1nc2cc([N+](=O)[O-])ccc2o1. The van der Waals surface area contributed by atoms with Gasteiger partial charge in [-0.2, -0.15) is 4.98 Å². The second-order valence-electron chi connectivity index (χ2n) is 4.50. The van der Waals surface area contributed by atoms with Crippen LogP contribution >= 0.6 is 0 Å². The molecule has 3 N–H and O–H groups in total. The van der Waals surface area contributed by atoms with Gasteiger partial charge in [0.1, 0.15) is 5.52 Å². The number of fused-ring (bicyclic) bond motifs is 1. The van der Waals surface area contributed by atoms with Crippen molar-refractivity contribution in [1.29, 1.82) is 0 Å². The third-order valence-electron chi connectivity index (χ3n) is 3.24. The van der Waals surface area contributed by atoms with Crippen LogP contribution in [-0.4, -0.2) is 38.9 Å². The van der Waals surface area contributed by atoms with Crippen molar-refractivity contribution in [2.45, 2.75) is 18.9 Å². The van der Waals surface area contributed by atoms with Crippen molar-refractivity contribution in [1.82, 2.24) is 4.98 Å². The molecule has 0 aliphatic rings. The smallest absolute Gasteiger partial charge is 0.296 e. The molecule has 2 aromatic rings. The molecule has 0 amide bonds. The first-order valence-corrected chi connectivity index (χ1v) is 6.08. The average molecular weight is 281 g/mol. The van der Waals surface area contributed by atoms with Crippen molar-refractivity contribution in [3.63, 3.8) is 0 Å². The number of anilines is 1. The summed E-state index contributed by atoms with van der Waals surface area (Å²) >= 11 is 0. The van der Waals surface area contributed by atoms with Gasteiger partial charge in [-0.25, -0.2) is 0 Å². The van der Waals surface area contributed by atoms with E-state index in [1.165, 1.54) is 18.2 Å². The van der Waals surface area contributed by atoms with E-state index < -0.39 is 10.5 Å². The molecule has 0 radical (unpaired) electrons. The molecule has 0 spiro atoms. The topological polar surface area (TPSA) is 122 Å². The minimum atomic E-state index is -0.938. The summed E-state index contributed by atoms with van der Waals surface area (Å²) in [5.41, 5.74) is -0.294. The van der Waals surface area contributed by atoms with Crippen LogP contribution in [0.2, 0.25) is 0 Å². The molecule has 0 atom stereocenters. The fraction of sp³-hybridized carbons (Fsp3) is 0.417. The van der Waals surface area contributed by atoms with Crippen LogP contribution < -0.4 is 5.32 Å². The lowest BCUT2D eigenvalue weighted by Crippen LogP contribution is -2.45. The van der Waals surface area contributed by atoms with Crippen LogP contribution in [0.15, 0.2) is 22.6 Å². The molecule has 8 nitrogen and oxygen atoms in total. The van der Waals surface area contributed by atoms with E-state index in [-0.39, 0.29) is 24.9 Å². The van der Waals surface area contributed by atoms with Crippen molar-refractivity contribution in [2.75, 3.05) is 18.5 Å². The van der Waals surface area contributed by atoms with Crippen molar-refractivity contribution in [3.05, 3.63) is 28.3 Å². The molecular weight excluding hydrogens is 266 g/mol. The molecule has 8 heteroatoms. The van der Waals surface area contributed by atoms with Gasteiger partial charge in [-0.3, -0.25) is 10.1 Å². The van der Waals surface area contributed by atoms with E-state index >= 15 is 0 Å². The average Bonchev–Trinajstić information content (AvgIpc) is 2.85. The van der Waals surface area contributed by atoms with Crippen LogP contribution in [0.25, 0.3) is 11.1 Å². The van der Waals surface area contributed by atoms with E-state index in [1.54, 1.807) is 6.92 Å². The number of nitrogens with zero attached hydrogens (tertiary/aromatic N) is 2. The number of hydrogen-bond donors (Lipinski definition) is 3. The van der Waals surface area contributed by atoms with E-state index in [2.05, 4.69) is 10.3 Å². The number of hydrogen-bond acceptors (Lipinski definition) is 7. The lowest BCUT2D eigenvalue weighted by Gasteiger charge is -2.28. The molecule has 0 bridgehead atoms. The maximum atomic E-state index is 10.7. The minimum absolute atomic E-state index is 0.0802. The van der Waals surface area contributed by atoms with Crippen molar-refractivity contribution in [3.8, 4) is 0 Å². The first-order valence-electron chi connectivity index (χ1n) is 6.08. The van der Waals surface area contributed by atoms with Gasteiger partial charge in [-0.05, 0) is 12.5 Å². The lowest BCUT2D eigenvalue weighted by molar-refractivity contribution is -0.384. The van der Waals surface area contributed by atoms with Crippen molar-refractivity contribution in [2.24, 2.45) is 0 Å². The summed E-state index contributed by atoms with van der Waals surface area (Å²) in [5, 5.41) is 32.2. The van der Waals surface area contributed by atoms with E-state index in [9.17, 15) is 20.3 Å². The summed E-state index contributed by atoms with van der Waals surface area (Å²) in [4.78, 5) is 14.2. The van der Waals surface area contributed by atoms with Crippen LogP contribution in [-0.2, 0) is 0 Å². The van der Waals surface area contributed by atoms with Crippen LogP contribution in [0.5, 0.6) is 0 Å². The molecule has 108 valence electrons. The summed E-state index contributed by atoms with van der Waals surface area (Å²) in [5.74, 6) is 0. The maximum Gasteiger partial charge on any atom is 0.296 e. The summed E-state index contributed by atoms with van der Waals surface area (Å²) < 4.78 is 5.40. The largest absolute Gasteiger partial charge is 0.424 e. The van der Waals surface area contributed by atoms with Gasteiger partial charge in [0, 0.05) is 12.1 Å². The molecule has 0 fully saturated rings. The lowest BCUT2D eigenvalue weighted by atomic mass is 9.99. The molecule has 0 aliphatic heterocycles. The molecular formula is C12H15N3O5. The Morgan fingerprint density at radius 1 is 1.45 bits per heavy atom. The number of aromatic nitrogens is 1. The molecule has 0 saturated carbocycles. The zero-order valence-corrected chi connectivity index (χ0v) is 10.9. The first kappa shape index (κ1) is 14.2. The minimum Gasteiger partial charge on any atom is -0.424 e. The second-order valence-corrected chi connectivity index (χ2v) is 4.50. The highest BCUT2D eigenvalue weighted by atomic mass is 16.6. The Balaban J connectivity index is 2.34. The van der Waals surface area contributed by atoms with Crippen molar-refractivity contribution < 1.29 is 19.6 Å². The van der Waals surface area contributed by atoms with Crippen LogP contribution in [0.3, 0.4) is 0 Å². The number of nitro groups is 1. The van der Waals surface area contributed by atoms with Crippen LogP contribution in [0.4, 0.5) is 11.7 Å². The molecule has 0 aliphatic carbocycles. The van der Waals surface area contributed by atoms with Gasteiger partial charge in [0.2, 0.25) is 0 Å². The number of oxazole rings is 1. The molecule has 0 saturated heterocycles. The van der Waals surface area contributed by atoms with Gasteiger partial charge < -0.3 is 19.9 Å². The Labute approximate surface area is 114 Å².